The van der Waals surface area contributed by atoms with Gasteiger partial charge in [-0.15, -0.1) is 12.4 Å². The fourth-order valence-electron chi connectivity index (χ4n) is 7.13. The molecule has 3 fully saturated rings. The Morgan fingerprint density at radius 2 is 1.53 bits per heavy atom. The Hall–Kier alpha value is -2.57. The molecular formula is C31H37ClFN3O2. The molecule has 0 spiro atoms. The van der Waals surface area contributed by atoms with Gasteiger partial charge in [-0.1, -0.05) is 49.6 Å². The summed E-state index contributed by atoms with van der Waals surface area (Å²) < 4.78 is 15.2. The number of fused-ring (bicyclic) bond motifs is 3. The Morgan fingerprint density at radius 3 is 2.21 bits per heavy atom. The van der Waals surface area contributed by atoms with Gasteiger partial charge in [0.05, 0.1) is 17.1 Å². The number of hydrogen-bond acceptors (Lipinski definition) is 4. The van der Waals surface area contributed by atoms with Crippen LogP contribution in [-0.4, -0.2) is 39.1 Å². The van der Waals surface area contributed by atoms with E-state index in [1.165, 1.54) is 31.4 Å². The van der Waals surface area contributed by atoms with Gasteiger partial charge in [-0.2, -0.15) is 5.10 Å². The molecule has 1 aliphatic carbocycles. The van der Waals surface area contributed by atoms with Gasteiger partial charge in [0.2, 0.25) is 0 Å². The molecule has 2 atom stereocenters. The molecular weight excluding hydrogens is 501 g/mol. The smallest absolute Gasteiger partial charge is 0.274 e. The molecule has 2 saturated heterocycles. The van der Waals surface area contributed by atoms with Gasteiger partial charge in [-0.25, -0.2) is 9.07 Å². The van der Waals surface area contributed by atoms with Crippen LogP contribution in [0, 0.1) is 11.7 Å². The summed E-state index contributed by atoms with van der Waals surface area (Å²) >= 11 is 0. The quantitative estimate of drug-likeness (QED) is 0.357. The third kappa shape index (κ3) is 5.43. The van der Waals surface area contributed by atoms with Gasteiger partial charge in [-0.3, -0.25) is 14.5 Å². The summed E-state index contributed by atoms with van der Waals surface area (Å²) in [6.45, 7) is 0.854. The average molecular weight is 538 g/mol. The van der Waals surface area contributed by atoms with Crippen molar-refractivity contribution in [1.29, 1.82) is 0 Å². The zero-order valence-corrected chi connectivity index (χ0v) is 22.7. The van der Waals surface area contributed by atoms with Crippen molar-refractivity contribution in [3.63, 3.8) is 0 Å². The van der Waals surface area contributed by atoms with E-state index in [1.54, 1.807) is 16.8 Å². The van der Waals surface area contributed by atoms with Crippen molar-refractivity contribution in [2.24, 2.45) is 5.92 Å². The summed E-state index contributed by atoms with van der Waals surface area (Å²) in [6.07, 6.45) is 11.1. The van der Waals surface area contributed by atoms with E-state index in [4.69, 9.17) is 5.10 Å². The summed E-state index contributed by atoms with van der Waals surface area (Å²) in [4.78, 5) is 29.0. The van der Waals surface area contributed by atoms with E-state index in [0.29, 0.717) is 36.1 Å². The van der Waals surface area contributed by atoms with Gasteiger partial charge >= 0.3 is 0 Å². The number of rotatable bonds is 7. The highest BCUT2D eigenvalue weighted by Crippen LogP contribution is 2.40. The van der Waals surface area contributed by atoms with Gasteiger partial charge in [0.1, 0.15) is 11.6 Å². The minimum atomic E-state index is -0.255. The molecule has 7 heteroatoms. The number of nitrogens with zero attached hydrogens (tertiary/aromatic N) is 3. The van der Waals surface area contributed by atoms with E-state index in [0.717, 1.165) is 61.7 Å². The van der Waals surface area contributed by atoms with Gasteiger partial charge in [0, 0.05) is 42.8 Å². The first kappa shape index (κ1) is 27.0. The van der Waals surface area contributed by atoms with Crippen molar-refractivity contribution in [1.82, 2.24) is 14.7 Å². The fraction of sp³-hybridized carbons (Fsp3) is 0.516. The first-order chi connectivity index (χ1) is 18.1. The van der Waals surface area contributed by atoms with E-state index in [1.807, 2.05) is 24.3 Å². The number of Topliss-reactive ketones (excluding diaryl/α,β-unsaturated/α-hetero) is 1. The van der Waals surface area contributed by atoms with Crippen molar-refractivity contribution in [3.05, 3.63) is 76.0 Å². The maximum absolute atomic E-state index is 13.6. The van der Waals surface area contributed by atoms with Gasteiger partial charge < -0.3 is 0 Å². The average Bonchev–Trinajstić information content (AvgIpc) is 3.17. The number of hydrogen-bond donors (Lipinski definition) is 0. The molecule has 3 aromatic rings. The number of benzene rings is 2. The molecule has 0 amide bonds. The topological polar surface area (TPSA) is 55.2 Å². The zero-order valence-electron chi connectivity index (χ0n) is 21.9. The number of halogens is 2. The molecule has 1 aromatic heterocycles. The number of carbonyl (C=O) groups is 1. The van der Waals surface area contributed by atoms with Crippen LogP contribution in [0.15, 0.2) is 53.3 Å². The molecule has 0 N–H and O–H groups in total. The third-order valence-corrected chi connectivity index (χ3v) is 9.07. The number of ketones is 1. The lowest BCUT2D eigenvalue weighted by Crippen LogP contribution is -2.46. The minimum Gasteiger partial charge on any atom is -0.299 e. The summed E-state index contributed by atoms with van der Waals surface area (Å²) in [5.41, 5.74) is 1.81. The van der Waals surface area contributed by atoms with Crippen LogP contribution < -0.4 is 5.56 Å². The van der Waals surface area contributed by atoms with E-state index >= 15 is 0 Å². The van der Waals surface area contributed by atoms with Crippen LogP contribution in [0.1, 0.15) is 81.5 Å². The van der Waals surface area contributed by atoms with Crippen LogP contribution in [0.25, 0.3) is 10.8 Å². The highest BCUT2D eigenvalue weighted by Gasteiger charge is 2.42. The minimum absolute atomic E-state index is 0. The van der Waals surface area contributed by atoms with E-state index < -0.39 is 0 Å². The molecule has 2 unspecified atom stereocenters. The van der Waals surface area contributed by atoms with E-state index in [-0.39, 0.29) is 35.7 Å². The molecule has 2 bridgehead atoms. The molecule has 1 saturated carbocycles. The van der Waals surface area contributed by atoms with Crippen molar-refractivity contribution in [3.8, 4) is 0 Å². The van der Waals surface area contributed by atoms with E-state index in [9.17, 15) is 14.0 Å². The fourth-order valence-corrected chi connectivity index (χ4v) is 7.13. The third-order valence-electron chi connectivity index (χ3n) is 9.07. The van der Waals surface area contributed by atoms with Crippen LogP contribution in [-0.2, 0) is 11.2 Å². The largest absolute Gasteiger partial charge is 0.299 e. The Balaban J connectivity index is 0.00000294. The van der Waals surface area contributed by atoms with Crippen LogP contribution in [0.2, 0.25) is 0 Å². The number of aromatic nitrogens is 2. The highest BCUT2D eigenvalue weighted by atomic mass is 35.5. The summed E-state index contributed by atoms with van der Waals surface area (Å²) in [7, 11) is 0. The molecule has 5 nitrogen and oxygen atoms in total. The molecule has 0 radical (unpaired) electrons. The normalized spacial score (nSPS) is 23.9. The Morgan fingerprint density at radius 1 is 0.868 bits per heavy atom. The molecule has 3 aliphatic rings. The maximum Gasteiger partial charge on any atom is 0.274 e. The number of carbonyl (C=O) groups excluding carboxylic acids is 1. The summed E-state index contributed by atoms with van der Waals surface area (Å²) in [6, 6.07) is 15.1. The van der Waals surface area contributed by atoms with Gasteiger partial charge in [-0.05, 0) is 62.3 Å². The Bertz CT molecular complexity index is 1320. The molecule has 3 heterocycles. The van der Waals surface area contributed by atoms with Crippen LogP contribution >= 0.6 is 12.4 Å². The standard InChI is InChI=1S/C31H36FN3O2.ClH/c32-23-12-10-21(11-13-23)18-29-27-8-4-5-9-28(27)31(37)35(33-29)26-19-24-14-15-25(20-26)34(24)17-16-30(36)22-6-2-1-3-7-22;/h4-5,8-13,22,24-26H,1-3,6-7,14-20H2;1H. The SMILES string of the molecule is Cl.O=C(CCN1C2CCC1CC(n1nc(Cc3ccc(F)cc3)c3ccccc3c1=O)C2)C1CCCCC1. The second-order valence-corrected chi connectivity index (χ2v) is 11.3. The first-order valence-corrected chi connectivity index (χ1v) is 14.1. The van der Waals surface area contributed by atoms with Crippen molar-refractivity contribution in [2.75, 3.05) is 6.54 Å². The summed E-state index contributed by atoms with van der Waals surface area (Å²) in [5, 5.41) is 6.50. The van der Waals surface area contributed by atoms with E-state index in [2.05, 4.69) is 4.90 Å². The molecule has 38 heavy (non-hydrogen) atoms. The lowest BCUT2D eigenvalue weighted by atomic mass is 9.85. The van der Waals surface area contributed by atoms with Crippen molar-refractivity contribution < 1.29 is 9.18 Å². The molecule has 6 rings (SSSR count). The molecule has 202 valence electrons. The maximum atomic E-state index is 13.6. The lowest BCUT2D eigenvalue weighted by molar-refractivity contribution is -0.124. The first-order valence-electron chi connectivity index (χ1n) is 14.1. The van der Waals surface area contributed by atoms with Crippen molar-refractivity contribution >= 4 is 29.0 Å². The van der Waals surface area contributed by atoms with Crippen LogP contribution in [0.4, 0.5) is 4.39 Å². The predicted molar refractivity (Wildman–Crippen MR) is 150 cm³/mol. The van der Waals surface area contributed by atoms with Gasteiger partial charge in [0.15, 0.2) is 0 Å². The Kier molecular flexibility index (Phi) is 8.29. The molecule has 2 aliphatic heterocycles. The summed E-state index contributed by atoms with van der Waals surface area (Å²) in [5.74, 6) is 0.483. The highest BCUT2D eigenvalue weighted by molar-refractivity contribution is 5.85. The monoisotopic (exact) mass is 537 g/mol. The Labute approximate surface area is 229 Å². The van der Waals surface area contributed by atoms with Gasteiger partial charge in [0.25, 0.3) is 5.56 Å². The van der Waals surface area contributed by atoms with Crippen LogP contribution in [0.3, 0.4) is 0 Å². The zero-order chi connectivity index (χ0) is 25.4. The lowest BCUT2D eigenvalue weighted by Gasteiger charge is -2.39. The van der Waals surface area contributed by atoms with Crippen LogP contribution in [0.5, 0.6) is 0 Å². The number of piperidine rings is 1. The second-order valence-electron chi connectivity index (χ2n) is 11.3. The predicted octanol–water partition coefficient (Wildman–Crippen LogP) is 6.26. The van der Waals surface area contributed by atoms with Crippen molar-refractivity contribution in [2.45, 2.75) is 88.8 Å². The second kappa shape index (κ2) is 11.7. The molecule has 2 aromatic carbocycles.